The maximum Gasteiger partial charge on any atom is 0.258 e. The number of carbonyl (C=O) groups excluding carboxylic acids is 1. The number of carbonyl (C=O) groups is 1. The molecule has 1 amide bonds. The fraction of sp³-hybridized carbons (Fsp3) is 0.118. The normalized spacial score (nSPS) is 10.4. The second-order valence-electron chi connectivity index (χ2n) is 4.85. The lowest BCUT2D eigenvalue weighted by Gasteiger charge is -2.09. The highest BCUT2D eigenvalue weighted by atomic mass is 35.5. The van der Waals surface area contributed by atoms with Crippen LogP contribution in [0.2, 0.25) is 5.02 Å². The Kier molecular flexibility index (Phi) is 5.08. The second-order valence-corrected chi connectivity index (χ2v) is 5.28. The van der Waals surface area contributed by atoms with E-state index in [0.29, 0.717) is 27.9 Å². The van der Waals surface area contributed by atoms with Gasteiger partial charge in [0.2, 0.25) is 0 Å². The Labute approximate surface area is 143 Å². The van der Waals surface area contributed by atoms with Crippen LogP contribution in [0, 0.1) is 0 Å². The molecular formula is C17H14ClN3O3. The van der Waals surface area contributed by atoms with Crippen molar-refractivity contribution in [3.63, 3.8) is 0 Å². The predicted octanol–water partition coefficient (Wildman–Crippen LogP) is 3.09. The Morgan fingerprint density at radius 2 is 1.96 bits per heavy atom. The molecule has 0 spiro atoms. The maximum absolute atomic E-state index is 11.9. The average molecular weight is 344 g/mol. The highest BCUT2D eigenvalue weighted by Crippen LogP contribution is 2.19. The number of benzene rings is 1. The number of aromatic nitrogens is 2. The zero-order valence-corrected chi connectivity index (χ0v) is 13.4. The molecule has 7 heteroatoms. The molecule has 0 unspecified atom stereocenters. The van der Waals surface area contributed by atoms with Gasteiger partial charge in [-0.2, -0.15) is 0 Å². The summed E-state index contributed by atoms with van der Waals surface area (Å²) in [7, 11) is 0. The molecule has 0 aliphatic rings. The van der Waals surface area contributed by atoms with Gasteiger partial charge in [0.05, 0.1) is 18.5 Å². The Morgan fingerprint density at radius 1 is 1.17 bits per heavy atom. The number of rotatable bonds is 6. The summed E-state index contributed by atoms with van der Waals surface area (Å²) in [6.07, 6.45) is 4.71. The number of furan rings is 1. The van der Waals surface area contributed by atoms with E-state index in [2.05, 4.69) is 15.3 Å². The minimum Gasteiger partial charge on any atom is -0.484 e. The van der Waals surface area contributed by atoms with Crippen LogP contribution < -0.4 is 10.1 Å². The van der Waals surface area contributed by atoms with Crippen molar-refractivity contribution in [1.82, 2.24) is 15.3 Å². The largest absolute Gasteiger partial charge is 0.484 e. The van der Waals surface area contributed by atoms with Gasteiger partial charge in [-0.25, -0.2) is 4.98 Å². The SMILES string of the molecule is O=C(COc1ccc(Cl)cc1)NCc1nccnc1-c1ccco1. The number of hydrogen-bond acceptors (Lipinski definition) is 5. The number of halogens is 1. The van der Waals surface area contributed by atoms with Crippen molar-refractivity contribution in [2.24, 2.45) is 0 Å². The van der Waals surface area contributed by atoms with Gasteiger partial charge in [-0.15, -0.1) is 0 Å². The summed E-state index contributed by atoms with van der Waals surface area (Å²) in [5.74, 6) is 0.913. The molecule has 2 heterocycles. The number of nitrogens with zero attached hydrogens (tertiary/aromatic N) is 2. The molecule has 0 aliphatic heterocycles. The van der Waals surface area contributed by atoms with E-state index in [0.717, 1.165) is 0 Å². The Bertz CT molecular complexity index is 804. The van der Waals surface area contributed by atoms with Crippen LogP contribution in [0.25, 0.3) is 11.5 Å². The lowest BCUT2D eigenvalue weighted by molar-refractivity contribution is -0.123. The third kappa shape index (κ3) is 4.11. The van der Waals surface area contributed by atoms with E-state index < -0.39 is 0 Å². The first-order chi connectivity index (χ1) is 11.7. The van der Waals surface area contributed by atoms with E-state index >= 15 is 0 Å². The standard InChI is InChI=1S/C17H14ClN3O3/c18-12-3-5-13(6-4-12)24-11-16(22)21-10-14-17(20-8-7-19-14)15-2-1-9-23-15/h1-9H,10-11H2,(H,21,22). The molecule has 0 saturated heterocycles. The molecule has 0 aliphatic carbocycles. The van der Waals surface area contributed by atoms with Gasteiger partial charge in [0.25, 0.3) is 5.91 Å². The number of ether oxygens (including phenoxy) is 1. The first-order valence-electron chi connectivity index (χ1n) is 7.21. The Hall–Kier alpha value is -2.86. The lowest BCUT2D eigenvalue weighted by atomic mass is 10.2. The van der Waals surface area contributed by atoms with Crippen LogP contribution >= 0.6 is 11.6 Å². The molecule has 0 atom stereocenters. The lowest BCUT2D eigenvalue weighted by Crippen LogP contribution is -2.29. The molecule has 24 heavy (non-hydrogen) atoms. The van der Waals surface area contributed by atoms with Gasteiger partial charge in [0, 0.05) is 17.4 Å². The molecule has 0 radical (unpaired) electrons. The molecular weight excluding hydrogens is 330 g/mol. The van der Waals surface area contributed by atoms with Crippen molar-refractivity contribution in [3.05, 3.63) is 65.8 Å². The summed E-state index contributed by atoms with van der Waals surface area (Å²) in [5.41, 5.74) is 1.22. The van der Waals surface area contributed by atoms with E-state index in [-0.39, 0.29) is 19.1 Å². The van der Waals surface area contributed by atoms with Crippen LogP contribution in [0.4, 0.5) is 0 Å². The van der Waals surface area contributed by atoms with Crippen LogP contribution in [0.1, 0.15) is 5.69 Å². The highest BCUT2D eigenvalue weighted by molar-refractivity contribution is 6.30. The molecule has 122 valence electrons. The predicted molar refractivity (Wildman–Crippen MR) is 88.5 cm³/mol. The molecule has 1 N–H and O–H groups in total. The number of hydrogen-bond donors (Lipinski definition) is 1. The summed E-state index contributed by atoms with van der Waals surface area (Å²) in [5, 5.41) is 3.36. The fourth-order valence-corrected chi connectivity index (χ4v) is 2.15. The van der Waals surface area contributed by atoms with Crippen molar-refractivity contribution < 1.29 is 13.9 Å². The maximum atomic E-state index is 11.9. The number of nitrogens with one attached hydrogen (secondary N) is 1. The van der Waals surface area contributed by atoms with Crippen molar-refractivity contribution in [1.29, 1.82) is 0 Å². The monoisotopic (exact) mass is 343 g/mol. The summed E-state index contributed by atoms with van der Waals surface area (Å²) in [6.45, 7) is 0.130. The smallest absolute Gasteiger partial charge is 0.258 e. The van der Waals surface area contributed by atoms with E-state index in [1.807, 2.05) is 0 Å². The van der Waals surface area contributed by atoms with E-state index in [1.165, 1.54) is 0 Å². The van der Waals surface area contributed by atoms with Crippen molar-refractivity contribution in [2.45, 2.75) is 6.54 Å². The molecule has 6 nitrogen and oxygen atoms in total. The fourth-order valence-electron chi connectivity index (χ4n) is 2.03. The molecule has 0 saturated carbocycles. The van der Waals surface area contributed by atoms with E-state index in [1.54, 1.807) is 55.1 Å². The first-order valence-corrected chi connectivity index (χ1v) is 7.59. The van der Waals surface area contributed by atoms with Crippen LogP contribution in [0.3, 0.4) is 0 Å². The summed E-state index contributed by atoms with van der Waals surface area (Å²) in [4.78, 5) is 20.4. The highest BCUT2D eigenvalue weighted by Gasteiger charge is 2.11. The molecule has 1 aromatic carbocycles. The van der Waals surface area contributed by atoms with Gasteiger partial charge < -0.3 is 14.5 Å². The van der Waals surface area contributed by atoms with Gasteiger partial charge in [-0.05, 0) is 36.4 Å². The van der Waals surface area contributed by atoms with Crippen molar-refractivity contribution >= 4 is 17.5 Å². The van der Waals surface area contributed by atoms with Gasteiger partial charge in [0.1, 0.15) is 11.4 Å². The van der Waals surface area contributed by atoms with Crippen LogP contribution in [-0.4, -0.2) is 22.5 Å². The molecule has 3 rings (SSSR count). The number of amides is 1. The molecule has 0 bridgehead atoms. The molecule has 2 aromatic heterocycles. The van der Waals surface area contributed by atoms with Gasteiger partial charge in [-0.3, -0.25) is 9.78 Å². The summed E-state index contributed by atoms with van der Waals surface area (Å²) < 4.78 is 10.7. The van der Waals surface area contributed by atoms with Crippen molar-refractivity contribution in [3.8, 4) is 17.2 Å². The third-order valence-corrected chi connectivity index (χ3v) is 3.42. The zero-order valence-electron chi connectivity index (χ0n) is 12.6. The van der Waals surface area contributed by atoms with Crippen molar-refractivity contribution in [2.75, 3.05) is 6.61 Å². The second kappa shape index (κ2) is 7.61. The van der Waals surface area contributed by atoms with Crippen LogP contribution in [-0.2, 0) is 11.3 Å². The average Bonchev–Trinajstić information content (AvgIpc) is 3.14. The Morgan fingerprint density at radius 3 is 2.71 bits per heavy atom. The Balaban J connectivity index is 1.56. The minimum absolute atomic E-state index is 0.0992. The van der Waals surface area contributed by atoms with Gasteiger partial charge in [-0.1, -0.05) is 11.6 Å². The van der Waals surface area contributed by atoms with Crippen LogP contribution in [0.15, 0.2) is 59.5 Å². The summed E-state index contributed by atoms with van der Waals surface area (Å²) in [6, 6.07) is 10.4. The molecule has 0 fully saturated rings. The minimum atomic E-state index is -0.263. The van der Waals surface area contributed by atoms with E-state index in [9.17, 15) is 4.79 Å². The van der Waals surface area contributed by atoms with Gasteiger partial charge in [0.15, 0.2) is 12.4 Å². The first kappa shape index (κ1) is 16.0. The topological polar surface area (TPSA) is 77.2 Å². The summed E-state index contributed by atoms with van der Waals surface area (Å²) >= 11 is 5.79. The molecule has 3 aromatic rings. The quantitative estimate of drug-likeness (QED) is 0.744. The zero-order chi connectivity index (χ0) is 16.8. The van der Waals surface area contributed by atoms with Crippen LogP contribution in [0.5, 0.6) is 5.75 Å². The van der Waals surface area contributed by atoms with Gasteiger partial charge >= 0.3 is 0 Å². The third-order valence-electron chi connectivity index (χ3n) is 3.17. The van der Waals surface area contributed by atoms with E-state index in [4.69, 9.17) is 20.8 Å².